The lowest BCUT2D eigenvalue weighted by atomic mass is 10.0. The molecule has 0 rings (SSSR count). The molecule has 0 fully saturated rings. The molecule has 0 aromatic carbocycles. The zero-order valence-electron chi connectivity index (χ0n) is 7.04. The van der Waals surface area contributed by atoms with Crippen LogP contribution in [-0.2, 0) is 19.7 Å². The first-order chi connectivity index (χ1) is 6.05. The maximum Gasteiger partial charge on any atom is 0.329 e. The Bertz CT molecular complexity index is 360. The van der Waals surface area contributed by atoms with Crippen LogP contribution in [0.1, 0.15) is 6.92 Å². The van der Waals surface area contributed by atoms with Gasteiger partial charge in [0.2, 0.25) is 4.75 Å². The highest BCUT2D eigenvalue weighted by Gasteiger charge is 2.54. The minimum atomic E-state index is -5.11. The Morgan fingerprint density at radius 1 is 1.36 bits per heavy atom. The van der Waals surface area contributed by atoms with Crippen LogP contribution in [0.25, 0.3) is 0 Å². The predicted octanol–water partition coefficient (Wildman–Crippen LogP) is -1.87. The number of carbonyl (C=O) groups is 2. The van der Waals surface area contributed by atoms with Crippen LogP contribution in [0.5, 0.6) is 0 Å². The van der Waals surface area contributed by atoms with Gasteiger partial charge in [0.1, 0.15) is 6.04 Å². The van der Waals surface area contributed by atoms with E-state index in [9.17, 15) is 18.0 Å². The molecule has 0 aromatic heterocycles. The lowest BCUT2D eigenvalue weighted by Crippen LogP contribution is -2.60. The van der Waals surface area contributed by atoms with Gasteiger partial charge in [-0.2, -0.15) is 8.42 Å². The molecule has 0 radical (unpaired) electrons. The van der Waals surface area contributed by atoms with Crippen LogP contribution in [0.2, 0.25) is 0 Å². The van der Waals surface area contributed by atoms with E-state index in [-0.39, 0.29) is 0 Å². The van der Waals surface area contributed by atoms with Crippen molar-refractivity contribution in [3.05, 3.63) is 0 Å². The summed E-state index contributed by atoms with van der Waals surface area (Å²) in [7, 11) is -5.11. The van der Waals surface area contributed by atoms with Crippen LogP contribution in [0.15, 0.2) is 0 Å². The summed E-state index contributed by atoms with van der Waals surface area (Å²) < 4.78 is 27.0. The third kappa shape index (κ3) is 1.84. The molecule has 0 amide bonds. The highest BCUT2D eigenvalue weighted by Crippen LogP contribution is 2.20. The second kappa shape index (κ2) is 3.52. The molecule has 82 valence electrons. The van der Waals surface area contributed by atoms with Crippen LogP contribution in [0, 0.1) is 0 Å². The summed E-state index contributed by atoms with van der Waals surface area (Å²) in [5.74, 6) is -3.87. The van der Waals surface area contributed by atoms with Crippen molar-refractivity contribution < 1.29 is 32.8 Å². The van der Waals surface area contributed by atoms with E-state index in [0.29, 0.717) is 6.92 Å². The van der Waals surface area contributed by atoms with E-state index >= 15 is 0 Å². The number of aliphatic carboxylic acids is 2. The van der Waals surface area contributed by atoms with Gasteiger partial charge in [-0.15, -0.1) is 0 Å². The fourth-order valence-corrected chi connectivity index (χ4v) is 1.28. The molecule has 0 aromatic rings. The van der Waals surface area contributed by atoms with Crippen molar-refractivity contribution >= 4 is 22.1 Å². The smallest absolute Gasteiger partial charge is 0.329 e. The Labute approximate surface area is 79.1 Å². The van der Waals surface area contributed by atoms with Gasteiger partial charge >= 0.3 is 11.9 Å². The van der Waals surface area contributed by atoms with Gasteiger partial charge in [0.25, 0.3) is 10.1 Å². The largest absolute Gasteiger partial charge is 0.480 e. The number of hydrogen-bond acceptors (Lipinski definition) is 5. The molecule has 2 atom stereocenters. The maximum absolute atomic E-state index is 10.7. The van der Waals surface area contributed by atoms with E-state index in [2.05, 4.69) is 0 Å². The quantitative estimate of drug-likeness (QED) is 0.407. The van der Waals surface area contributed by atoms with Gasteiger partial charge in [-0.1, -0.05) is 0 Å². The minimum absolute atomic E-state index is 0.517. The molecular formula is C5H9NO7S. The van der Waals surface area contributed by atoms with Crippen LogP contribution < -0.4 is 5.73 Å². The van der Waals surface area contributed by atoms with Crippen LogP contribution in [-0.4, -0.2) is 45.9 Å². The van der Waals surface area contributed by atoms with Crippen molar-refractivity contribution in [3.63, 3.8) is 0 Å². The number of nitrogens with two attached hydrogens (primary N) is 1. The molecule has 2 unspecified atom stereocenters. The average Bonchev–Trinajstić information content (AvgIpc) is 1.98. The van der Waals surface area contributed by atoms with E-state index in [1.165, 1.54) is 0 Å². The fraction of sp³-hybridized carbons (Fsp3) is 0.600. The molecule has 0 aliphatic rings. The Morgan fingerprint density at radius 3 is 1.79 bits per heavy atom. The third-order valence-electron chi connectivity index (χ3n) is 1.82. The predicted molar refractivity (Wildman–Crippen MR) is 43.2 cm³/mol. The monoisotopic (exact) mass is 227 g/mol. The second-order valence-electron chi connectivity index (χ2n) is 2.70. The zero-order valence-corrected chi connectivity index (χ0v) is 7.85. The van der Waals surface area contributed by atoms with Crippen LogP contribution in [0.4, 0.5) is 0 Å². The van der Waals surface area contributed by atoms with Crippen molar-refractivity contribution in [3.8, 4) is 0 Å². The van der Waals surface area contributed by atoms with E-state index < -0.39 is 32.8 Å². The summed E-state index contributed by atoms with van der Waals surface area (Å²) >= 11 is 0. The molecule has 0 saturated heterocycles. The molecule has 8 nitrogen and oxygen atoms in total. The van der Waals surface area contributed by atoms with Gasteiger partial charge in [-0.3, -0.25) is 14.1 Å². The summed E-state index contributed by atoms with van der Waals surface area (Å²) in [6.45, 7) is 0.517. The van der Waals surface area contributed by atoms with Crippen molar-refractivity contribution in [2.45, 2.75) is 17.7 Å². The highest BCUT2D eigenvalue weighted by atomic mass is 32.2. The first-order valence-electron chi connectivity index (χ1n) is 3.24. The molecule has 0 aliphatic carbocycles. The van der Waals surface area contributed by atoms with E-state index in [1.54, 1.807) is 0 Å². The molecule has 0 saturated carbocycles. The molecule has 0 bridgehead atoms. The zero-order chi connectivity index (χ0) is 11.7. The molecule has 0 heterocycles. The summed E-state index contributed by atoms with van der Waals surface area (Å²) in [5, 5.41) is 16.9. The summed E-state index contributed by atoms with van der Waals surface area (Å²) in [4.78, 5) is 20.9. The van der Waals surface area contributed by atoms with Crippen LogP contribution >= 0.6 is 0 Å². The Morgan fingerprint density at radius 2 is 1.71 bits per heavy atom. The molecule has 14 heavy (non-hydrogen) atoms. The molecule has 9 heteroatoms. The third-order valence-corrected chi connectivity index (χ3v) is 3.32. The lowest BCUT2D eigenvalue weighted by molar-refractivity contribution is -0.147. The van der Waals surface area contributed by atoms with Crippen molar-refractivity contribution in [1.29, 1.82) is 0 Å². The van der Waals surface area contributed by atoms with E-state index in [0.717, 1.165) is 0 Å². The standard InChI is InChI=1S/C5H9NO7S/c1-5(4(9)10,14(11,12)13)2(6)3(7)8/h2H,6H2,1H3,(H,7,8)(H,9,10)(H,11,12,13). The second-order valence-corrected chi connectivity index (χ2v) is 4.50. The van der Waals surface area contributed by atoms with Gasteiger partial charge in [0.15, 0.2) is 0 Å². The van der Waals surface area contributed by atoms with Crippen molar-refractivity contribution in [2.24, 2.45) is 5.73 Å². The molecule has 0 spiro atoms. The molecule has 0 aliphatic heterocycles. The molecular weight excluding hydrogens is 218 g/mol. The summed E-state index contributed by atoms with van der Waals surface area (Å²) in [5.41, 5.74) is 4.86. The Balaban J connectivity index is 5.57. The van der Waals surface area contributed by atoms with Gasteiger partial charge in [-0.05, 0) is 6.92 Å². The van der Waals surface area contributed by atoms with Gasteiger partial charge in [-0.25, -0.2) is 0 Å². The topological polar surface area (TPSA) is 155 Å². The average molecular weight is 227 g/mol. The normalized spacial score (nSPS) is 18.2. The Kier molecular flexibility index (Phi) is 3.22. The minimum Gasteiger partial charge on any atom is -0.480 e. The van der Waals surface area contributed by atoms with Crippen molar-refractivity contribution in [2.75, 3.05) is 0 Å². The van der Waals surface area contributed by atoms with Crippen LogP contribution in [0.3, 0.4) is 0 Å². The number of rotatable bonds is 4. The van der Waals surface area contributed by atoms with Gasteiger partial charge in [0, 0.05) is 0 Å². The van der Waals surface area contributed by atoms with Crippen molar-refractivity contribution in [1.82, 2.24) is 0 Å². The summed E-state index contributed by atoms with van der Waals surface area (Å²) in [6, 6.07) is -2.25. The Hall–Kier alpha value is -1.19. The number of carboxylic acids is 2. The van der Waals surface area contributed by atoms with Gasteiger partial charge in [0.05, 0.1) is 0 Å². The summed E-state index contributed by atoms with van der Waals surface area (Å²) in [6.07, 6.45) is 0. The number of carboxylic acid groups (broad SMARTS) is 2. The first kappa shape index (κ1) is 12.8. The SMILES string of the molecule is CC(C(=O)O)(C(N)C(=O)O)S(=O)(=O)O. The van der Waals surface area contributed by atoms with E-state index in [4.69, 9.17) is 20.5 Å². The lowest BCUT2D eigenvalue weighted by Gasteiger charge is -2.24. The molecule has 5 N–H and O–H groups in total. The number of hydrogen-bond donors (Lipinski definition) is 4. The maximum atomic E-state index is 10.7. The van der Waals surface area contributed by atoms with Gasteiger partial charge < -0.3 is 15.9 Å². The first-order valence-corrected chi connectivity index (χ1v) is 4.68. The highest BCUT2D eigenvalue weighted by molar-refractivity contribution is 7.88. The fourth-order valence-electron chi connectivity index (χ4n) is 0.639. The van der Waals surface area contributed by atoms with E-state index in [1.807, 2.05) is 0 Å².